The summed E-state index contributed by atoms with van der Waals surface area (Å²) in [6.07, 6.45) is 0. The minimum atomic E-state index is -0.410. The third-order valence-corrected chi connectivity index (χ3v) is 3.44. The van der Waals surface area contributed by atoms with Crippen LogP contribution in [-0.2, 0) is 11.3 Å². The molecule has 0 amide bonds. The first-order valence-corrected chi connectivity index (χ1v) is 6.89. The molecule has 2 aromatic rings. The van der Waals surface area contributed by atoms with Crippen LogP contribution in [0.4, 0.5) is 4.39 Å². The molecule has 20 heavy (non-hydrogen) atoms. The second-order valence-corrected chi connectivity index (χ2v) is 5.60. The third kappa shape index (κ3) is 2.86. The minimum absolute atomic E-state index is 0.203. The number of rotatable bonds is 5. The molecule has 0 saturated heterocycles. The average molecular weight is 298 g/mol. The molecule has 1 aromatic heterocycles. The number of imidazole rings is 1. The number of nitrogens with zero attached hydrogens (tertiary/aromatic N) is 1. The van der Waals surface area contributed by atoms with Gasteiger partial charge in [-0.25, -0.2) is 4.39 Å². The largest absolute Gasteiger partial charge is 0.494 e. The summed E-state index contributed by atoms with van der Waals surface area (Å²) < 4.78 is 26.9. The lowest BCUT2D eigenvalue weighted by atomic mass is 10.1. The van der Waals surface area contributed by atoms with Crippen molar-refractivity contribution in [3.8, 4) is 5.75 Å². The zero-order valence-corrected chi connectivity index (χ0v) is 12.9. The summed E-state index contributed by atoms with van der Waals surface area (Å²) >= 11 is 5.32. The van der Waals surface area contributed by atoms with Crippen LogP contribution in [0.5, 0.6) is 5.75 Å². The molecule has 6 heteroatoms. The summed E-state index contributed by atoms with van der Waals surface area (Å²) in [4.78, 5) is 3.01. The molecule has 0 aliphatic rings. The topological polar surface area (TPSA) is 39.2 Å². The van der Waals surface area contributed by atoms with E-state index in [9.17, 15) is 4.39 Å². The molecular weight excluding hydrogens is 279 g/mol. The number of aromatic nitrogens is 2. The van der Waals surface area contributed by atoms with Crippen molar-refractivity contribution in [3.05, 3.63) is 22.7 Å². The Labute approximate surface area is 122 Å². The summed E-state index contributed by atoms with van der Waals surface area (Å²) in [6, 6.07) is 3.05. The van der Waals surface area contributed by atoms with E-state index in [1.807, 2.05) is 25.3 Å². The van der Waals surface area contributed by atoms with Crippen LogP contribution in [0.25, 0.3) is 11.0 Å². The van der Waals surface area contributed by atoms with Crippen molar-refractivity contribution in [2.75, 3.05) is 13.7 Å². The maximum atomic E-state index is 13.7. The van der Waals surface area contributed by atoms with E-state index in [4.69, 9.17) is 21.7 Å². The Hall–Kier alpha value is -1.40. The minimum Gasteiger partial charge on any atom is -0.494 e. The number of fused-ring (bicyclic) bond motifs is 1. The predicted octanol–water partition coefficient (Wildman–Crippen LogP) is 3.66. The number of ether oxygens (including phenoxy) is 2. The van der Waals surface area contributed by atoms with Gasteiger partial charge in [0.1, 0.15) is 0 Å². The monoisotopic (exact) mass is 298 g/mol. The molecule has 2 rings (SSSR count). The molecule has 0 aliphatic carbocycles. The van der Waals surface area contributed by atoms with Gasteiger partial charge in [0.05, 0.1) is 30.3 Å². The van der Waals surface area contributed by atoms with E-state index in [1.165, 1.54) is 13.2 Å². The fourth-order valence-corrected chi connectivity index (χ4v) is 2.56. The highest BCUT2D eigenvalue weighted by Crippen LogP contribution is 2.26. The van der Waals surface area contributed by atoms with Crippen LogP contribution < -0.4 is 4.74 Å². The van der Waals surface area contributed by atoms with E-state index in [1.54, 1.807) is 6.07 Å². The molecule has 110 valence electrons. The Balaban J connectivity index is 2.53. The lowest BCUT2D eigenvalue weighted by Gasteiger charge is -2.25. The SMILES string of the molecule is CCOC(C)(C)Cn1c(=S)[nH]c2cc(F)c(OC)cc21. The van der Waals surface area contributed by atoms with Crippen molar-refractivity contribution < 1.29 is 13.9 Å². The molecule has 1 heterocycles. The summed E-state index contributed by atoms with van der Waals surface area (Å²) in [6.45, 7) is 7.15. The second-order valence-electron chi connectivity index (χ2n) is 5.21. The van der Waals surface area contributed by atoms with Crippen molar-refractivity contribution in [2.24, 2.45) is 0 Å². The van der Waals surface area contributed by atoms with Gasteiger partial charge in [-0.05, 0) is 33.0 Å². The van der Waals surface area contributed by atoms with Gasteiger partial charge in [0.2, 0.25) is 0 Å². The molecule has 0 saturated carbocycles. The van der Waals surface area contributed by atoms with Gasteiger partial charge in [-0.3, -0.25) is 0 Å². The van der Waals surface area contributed by atoms with Gasteiger partial charge >= 0.3 is 0 Å². The highest BCUT2D eigenvalue weighted by atomic mass is 32.1. The van der Waals surface area contributed by atoms with E-state index in [2.05, 4.69) is 4.98 Å². The molecular formula is C14H19FN2O2S. The van der Waals surface area contributed by atoms with Crippen molar-refractivity contribution in [2.45, 2.75) is 32.9 Å². The number of halogens is 1. The fraction of sp³-hybridized carbons (Fsp3) is 0.500. The fourth-order valence-electron chi connectivity index (χ4n) is 2.29. The molecule has 0 atom stereocenters. The number of aromatic amines is 1. The third-order valence-electron chi connectivity index (χ3n) is 3.12. The van der Waals surface area contributed by atoms with E-state index in [-0.39, 0.29) is 11.4 Å². The summed E-state index contributed by atoms with van der Waals surface area (Å²) in [5.74, 6) is -0.207. The highest BCUT2D eigenvalue weighted by molar-refractivity contribution is 7.71. The van der Waals surface area contributed by atoms with Crippen LogP contribution in [0.15, 0.2) is 12.1 Å². The van der Waals surface area contributed by atoms with Gasteiger partial charge in [-0.1, -0.05) is 0 Å². The van der Waals surface area contributed by atoms with Gasteiger partial charge in [0.25, 0.3) is 0 Å². The van der Waals surface area contributed by atoms with Crippen LogP contribution in [0, 0.1) is 10.6 Å². The van der Waals surface area contributed by atoms with Gasteiger partial charge in [-0.2, -0.15) is 0 Å². The Morgan fingerprint density at radius 2 is 2.10 bits per heavy atom. The molecule has 0 radical (unpaired) electrons. The molecule has 0 aliphatic heterocycles. The van der Waals surface area contributed by atoms with Crippen LogP contribution in [0.3, 0.4) is 0 Å². The average Bonchev–Trinajstić information content (AvgIpc) is 2.63. The first-order chi connectivity index (χ1) is 9.38. The highest BCUT2D eigenvalue weighted by Gasteiger charge is 2.21. The maximum Gasteiger partial charge on any atom is 0.178 e. The van der Waals surface area contributed by atoms with E-state index in [0.29, 0.717) is 23.4 Å². The quantitative estimate of drug-likeness (QED) is 0.856. The normalized spacial score (nSPS) is 12.1. The summed E-state index contributed by atoms with van der Waals surface area (Å²) in [5.41, 5.74) is 1.10. The summed E-state index contributed by atoms with van der Waals surface area (Å²) in [5, 5.41) is 0. The van der Waals surface area contributed by atoms with Gasteiger partial charge in [0, 0.05) is 18.7 Å². The smallest absolute Gasteiger partial charge is 0.178 e. The number of methoxy groups -OCH3 is 1. The van der Waals surface area contributed by atoms with Crippen molar-refractivity contribution in [3.63, 3.8) is 0 Å². The number of nitrogens with one attached hydrogen (secondary N) is 1. The number of benzene rings is 1. The Morgan fingerprint density at radius 1 is 1.40 bits per heavy atom. The number of H-pyrrole nitrogens is 1. The van der Waals surface area contributed by atoms with E-state index >= 15 is 0 Å². The first-order valence-electron chi connectivity index (χ1n) is 6.48. The first kappa shape index (κ1) is 15.0. The molecule has 4 nitrogen and oxygen atoms in total. The van der Waals surface area contributed by atoms with Crippen LogP contribution in [-0.4, -0.2) is 28.9 Å². The molecule has 0 spiro atoms. The van der Waals surface area contributed by atoms with Crippen LogP contribution >= 0.6 is 12.2 Å². The van der Waals surface area contributed by atoms with Gasteiger partial charge in [0.15, 0.2) is 16.3 Å². The van der Waals surface area contributed by atoms with E-state index < -0.39 is 5.82 Å². The zero-order valence-electron chi connectivity index (χ0n) is 12.1. The van der Waals surface area contributed by atoms with Gasteiger partial charge in [-0.15, -0.1) is 0 Å². The van der Waals surface area contributed by atoms with Crippen molar-refractivity contribution in [1.29, 1.82) is 0 Å². The standard InChI is InChI=1S/C14H19FN2O2S/c1-5-19-14(2,3)8-17-11-7-12(18-4)9(15)6-10(11)16-13(17)20/h6-7H,5,8H2,1-4H3,(H,16,20). The molecule has 0 bridgehead atoms. The lowest BCUT2D eigenvalue weighted by molar-refractivity contribution is -0.0219. The predicted molar refractivity (Wildman–Crippen MR) is 79.3 cm³/mol. The van der Waals surface area contributed by atoms with Crippen LogP contribution in [0.2, 0.25) is 0 Å². The van der Waals surface area contributed by atoms with E-state index in [0.717, 1.165) is 5.52 Å². The van der Waals surface area contributed by atoms with Crippen LogP contribution in [0.1, 0.15) is 20.8 Å². The molecule has 0 unspecified atom stereocenters. The molecule has 0 fully saturated rings. The number of hydrogen-bond acceptors (Lipinski definition) is 3. The Bertz CT molecular complexity index is 676. The Morgan fingerprint density at radius 3 is 2.70 bits per heavy atom. The van der Waals surface area contributed by atoms with Crippen molar-refractivity contribution in [1.82, 2.24) is 9.55 Å². The second kappa shape index (κ2) is 5.54. The molecule has 1 aromatic carbocycles. The Kier molecular flexibility index (Phi) is 4.15. The maximum absolute atomic E-state index is 13.7. The summed E-state index contributed by atoms with van der Waals surface area (Å²) in [7, 11) is 1.44. The number of hydrogen-bond donors (Lipinski definition) is 1. The van der Waals surface area contributed by atoms with Crippen molar-refractivity contribution >= 4 is 23.3 Å². The molecule has 1 N–H and O–H groups in total. The van der Waals surface area contributed by atoms with Gasteiger partial charge < -0.3 is 19.0 Å². The zero-order chi connectivity index (χ0) is 14.9. The lowest BCUT2D eigenvalue weighted by Crippen LogP contribution is -2.30.